The van der Waals surface area contributed by atoms with Crippen LogP contribution < -0.4 is 4.90 Å². The van der Waals surface area contributed by atoms with Gasteiger partial charge in [-0.1, -0.05) is 19.9 Å². The molecule has 2 aromatic carbocycles. The van der Waals surface area contributed by atoms with Crippen molar-refractivity contribution in [3.05, 3.63) is 58.7 Å². The first kappa shape index (κ1) is 21.1. The predicted molar refractivity (Wildman–Crippen MR) is 121 cm³/mol. The van der Waals surface area contributed by atoms with E-state index in [0.717, 1.165) is 30.6 Å². The van der Waals surface area contributed by atoms with E-state index in [0.29, 0.717) is 11.5 Å². The Morgan fingerprint density at radius 2 is 2.07 bits per heavy atom. The van der Waals surface area contributed by atoms with Gasteiger partial charge in [0.15, 0.2) is 0 Å². The van der Waals surface area contributed by atoms with Crippen LogP contribution in [-0.4, -0.2) is 31.4 Å². The predicted octanol–water partition coefficient (Wildman–Crippen LogP) is 6.03. The van der Waals surface area contributed by atoms with Gasteiger partial charge in [0.05, 0.1) is 18.4 Å². The van der Waals surface area contributed by atoms with E-state index in [1.807, 2.05) is 18.3 Å². The first-order valence-electron chi connectivity index (χ1n) is 10.4. The van der Waals surface area contributed by atoms with Crippen LogP contribution in [0.1, 0.15) is 73.5 Å². The summed E-state index contributed by atoms with van der Waals surface area (Å²) in [6.07, 6.45) is 4.18. The molecule has 4 nitrogen and oxygen atoms in total. The topological polar surface area (TPSA) is 41.9 Å². The van der Waals surface area contributed by atoms with Gasteiger partial charge < -0.3 is 9.64 Å². The number of fused-ring (bicyclic) bond motifs is 1. The maximum atomic E-state index is 11.7. The number of carbonyl (C=O) groups excluding carboxylic acids is 1. The molecule has 1 aliphatic rings. The molecule has 1 heterocycles. The van der Waals surface area contributed by atoms with Gasteiger partial charge >= 0.3 is 5.97 Å². The van der Waals surface area contributed by atoms with Crippen LogP contribution >= 0.6 is 0 Å². The summed E-state index contributed by atoms with van der Waals surface area (Å²) < 4.78 is 4.80. The summed E-state index contributed by atoms with van der Waals surface area (Å²) in [5, 5.41) is 0. The Bertz CT molecular complexity index is 930. The first-order valence-corrected chi connectivity index (χ1v) is 10.4. The largest absolute Gasteiger partial charge is 0.465 e. The van der Waals surface area contributed by atoms with E-state index >= 15 is 0 Å². The fourth-order valence-electron chi connectivity index (χ4n) is 4.41. The lowest BCUT2D eigenvalue weighted by Gasteiger charge is -2.48. The smallest absolute Gasteiger partial charge is 0.337 e. The molecule has 0 radical (unpaired) electrons. The van der Waals surface area contributed by atoms with Crippen molar-refractivity contribution >= 4 is 23.6 Å². The maximum Gasteiger partial charge on any atom is 0.337 e. The number of carbonyl (C=O) groups is 1. The van der Waals surface area contributed by atoms with E-state index in [1.165, 1.54) is 23.9 Å². The average Bonchev–Trinajstić information content (AvgIpc) is 2.69. The van der Waals surface area contributed by atoms with E-state index in [9.17, 15) is 4.79 Å². The number of rotatable bonds is 5. The molecule has 0 saturated heterocycles. The number of esters is 1. The zero-order chi connectivity index (χ0) is 21.2. The van der Waals surface area contributed by atoms with Crippen LogP contribution in [0.25, 0.3) is 0 Å². The highest BCUT2D eigenvalue weighted by Gasteiger charge is 2.36. The number of hydrogen-bond donors (Lipinski definition) is 0. The highest BCUT2D eigenvalue weighted by atomic mass is 16.5. The molecule has 0 amide bonds. The molecule has 0 N–H and O–H groups in total. The number of aryl methyl sites for hydroxylation is 1. The van der Waals surface area contributed by atoms with Crippen LogP contribution in [0.15, 0.2) is 41.4 Å². The van der Waals surface area contributed by atoms with Crippen molar-refractivity contribution in [2.24, 2.45) is 4.99 Å². The molecule has 29 heavy (non-hydrogen) atoms. The van der Waals surface area contributed by atoms with E-state index in [-0.39, 0.29) is 11.5 Å². The van der Waals surface area contributed by atoms with Crippen LogP contribution in [0.5, 0.6) is 0 Å². The maximum absolute atomic E-state index is 11.7. The molecule has 0 fully saturated rings. The summed E-state index contributed by atoms with van der Waals surface area (Å²) >= 11 is 0. The summed E-state index contributed by atoms with van der Waals surface area (Å²) in [5.74, 6) is 0.156. The zero-order valence-corrected chi connectivity index (χ0v) is 18.5. The second-order valence-corrected chi connectivity index (χ2v) is 8.64. The van der Waals surface area contributed by atoms with Crippen molar-refractivity contribution in [1.29, 1.82) is 0 Å². The quantitative estimate of drug-likeness (QED) is 0.460. The van der Waals surface area contributed by atoms with E-state index < -0.39 is 0 Å². The van der Waals surface area contributed by atoms with E-state index in [2.05, 4.69) is 56.6 Å². The third-order valence-corrected chi connectivity index (χ3v) is 5.84. The van der Waals surface area contributed by atoms with Gasteiger partial charge in [-0.05, 0) is 86.6 Å². The lowest BCUT2D eigenvalue weighted by Crippen LogP contribution is -2.48. The second kappa shape index (κ2) is 8.40. The molecule has 0 aromatic heterocycles. The van der Waals surface area contributed by atoms with Crippen molar-refractivity contribution in [3.8, 4) is 0 Å². The molecule has 0 aliphatic carbocycles. The Morgan fingerprint density at radius 1 is 1.31 bits per heavy atom. The molecule has 0 spiro atoms. The monoisotopic (exact) mass is 392 g/mol. The lowest BCUT2D eigenvalue weighted by atomic mass is 9.79. The molecule has 1 atom stereocenters. The minimum Gasteiger partial charge on any atom is -0.465 e. The number of ether oxygens (including phenoxy) is 1. The molecule has 3 rings (SSSR count). The third kappa shape index (κ3) is 4.36. The van der Waals surface area contributed by atoms with E-state index in [4.69, 9.17) is 4.74 Å². The highest BCUT2D eigenvalue weighted by Crippen LogP contribution is 2.44. The molecule has 154 valence electrons. The van der Waals surface area contributed by atoms with Crippen molar-refractivity contribution in [2.75, 3.05) is 18.6 Å². The van der Waals surface area contributed by atoms with Crippen LogP contribution in [0.3, 0.4) is 0 Å². The molecular weight excluding hydrogens is 360 g/mol. The number of aliphatic imine (C=N–C) groups is 1. The Hall–Kier alpha value is -2.62. The number of hydrogen-bond acceptors (Lipinski definition) is 4. The molecule has 0 bridgehead atoms. The molecule has 1 aliphatic heterocycles. The Labute approximate surface area is 174 Å². The Kier molecular flexibility index (Phi) is 6.11. The van der Waals surface area contributed by atoms with Gasteiger partial charge in [0.2, 0.25) is 0 Å². The van der Waals surface area contributed by atoms with Crippen molar-refractivity contribution in [3.63, 3.8) is 0 Å². The molecule has 2 aromatic rings. The molecular formula is C25H32N2O2. The van der Waals surface area contributed by atoms with Gasteiger partial charge in [-0.25, -0.2) is 4.79 Å². The fraction of sp³-hybridized carbons (Fsp3) is 0.440. The van der Waals surface area contributed by atoms with Gasteiger partial charge in [-0.15, -0.1) is 0 Å². The zero-order valence-electron chi connectivity index (χ0n) is 18.5. The van der Waals surface area contributed by atoms with Crippen molar-refractivity contribution < 1.29 is 9.53 Å². The van der Waals surface area contributed by atoms with Crippen molar-refractivity contribution in [1.82, 2.24) is 0 Å². The van der Waals surface area contributed by atoms with Crippen molar-refractivity contribution in [2.45, 2.75) is 58.9 Å². The normalized spacial score (nSPS) is 18.0. The van der Waals surface area contributed by atoms with Gasteiger partial charge in [-0.2, -0.15) is 0 Å². The molecule has 0 saturated carbocycles. The number of benzene rings is 2. The Balaban J connectivity index is 1.96. The van der Waals surface area contributed by atoms with Gasteiger partial charge in [0.1, 0.15) is 0 Å². The second-order valence-electron chi connectivity index (χ2n) is 8.64. The number of methoxy groups -OCH3 is 1. The third-order valence-electron chi connectivity index (χ3n) is 5.84. The fourth-order valence-corrected chi connectivity index (χ4v) is 4.41. The SMILES string of the molecule is CCCN1c2cc(C)c(C=Nc3cccc(C(=O)OC)c3)cc2C(C)CC1(C)C. The minimum atomic E-state index is -0.348. The van der Waals surface area contributed by atoms with Gasteiger partial charge in [0.25, 0.3) is 0 Å². The van der Waals surface area contributed by atoms with Crippen LogP contribution in [0.2, 0.25) is 0 Å². The van der Waals surface area contributed by atoms with E-state index in [1.54, 1.807) is 12.1 Å². The lowest BCUT2D eigenvalue weighted by molar-refractivity contribution is 0.0601. The highest BCUT2D eigenvalue weighted by molar-refractivity contribution is 5.91. The molecule has 1 unspecified atom stereocenters. The van der Waals surface area contributed by atoms with Crippen LogP contribution in [0, 0.1) is 6.92 Å². The average molecular weight is 393 g/mol. The first-order chi connectivity index (χ1) is 13.8. The summed E-state index contributed by atoms with van der Waals surface area (Å²) in [7, 11) is 1.39. The van der Waals surface area contributed by atoms with Crippen LogP contribution in [-0.2, 0) is 4.74 Å². The number of anilines is 1. The summed E-state index contributed by atoms with van der Waals surface area (Å²) in [6.45, 7) is 12.5. The number of nitrogens with zero attached hydrogens (tertiary/aromatic N) is 2. The minimum absolute atomic E-state index is 0.165. The summed E-state index contributed by atoms with van der Waals surface area (Å²) in [5.41, 5.74) is 6.50. The van der Waals surface area contributed by atoms with Gasteiger partial charge in [0, 0.05) is 24.0 Å². The Morgan fingerprint density at radius 3 is 2.76 bits per heavy atom. The molecule has 4 heteroatoms. The van der Waals surface area contributed by atoms with Gasteiger partial charge in [-0.3, -0.25) is 4.99 Å². The summed E-state index contributed by atoms with van der Waals surface area (Å²) in [6, 6.07) is 11.8. The standard InChI is InChI=1S/C25H32N2O2/c1-7-11-27-23-12-17(2)20(14-22(23)18(3)15-25(27,4)5)16-26-21-10-8-9-19(13-21)24(28)29-6/h8-10,12-14,16,18H,7,11,15H2,1-6H3. The van der Waals surface area contributed by atoms with Crippen LogP contribution in [0.4, 0.5) is 11.4 Å². The summed E-state index contributed by atoms with van der Waals surface area (Å²) in [4.78, 5) is 18.9.